The van der Waals surface area contributed by atoms with Gasteiger partial charge in [0.2, 0.25) is 0 Å². The van der Waals surface area contributed by atoms with E-state index >= 15 is 0 Å². The van der Waals surface area contributed by atoms with Gasteiger partial charge in [0.05, 0.1) is 12.2 Å². The monoisotopic (exact) mass is 307 g/mol. The van der Waals surface area contributed by atoms with Gasteiger partial charge < -0.3 is 37.2 Å². The maximum atomic E-state index is 10.5. The number of rotatable bonds is 12. The Morgan fingerprint density at radius 2 is 1.14 bits per heavy atom. The van der Waals surface area contributed by atoms with Crippen LogP contribution in [0.5, 0.6) is 0 Å². The smallest absolute Gasteiger partial charge is 0.320 e. The lowest BCUT2D eigenvalue weighted by Crippen LogP contribution is -2.37. The Morgan fingerprint density at radius 3 is 1.43 bits per heavy atom. The zero-order valence-corrected chi connectivity index (χ0v) is 11.8. The number of hydrogen-bond donors (Lipinski definition) is 7. The maximum absolute atomic E-state index is 10.5. The lowest BCUT2D eigenvalue weighted by molar-refractivity contribution is -0.139. The van der Waals surface area contributed by atoms with Gasteiger partial charge in [0.25, 0.3) is 0 Å². The molecule has 0 heterocycles. The number of aliphatic carboxylic acids is 2. The van der Waals surface area contributed by atoms with Crippen molar-refractivity contribution in [2.45, 2.75) is 50.0 Å². The summed E-state index contributed by atoms with van der Waals surface area (Å²) in [6.45, 7) is 0.378. The summed E-state index contributed by atoms with van der Waals surface area (Å²) in [5.74, 6) is -2.22. The molecule has 21 heavy (non-hydrogen) atoms. The number of carbonyl (C=O) groups is 2. The van der Waals surface area contributed by atoms with Crippen molar-refractivity contribution in [2.24, 2.45) is 11.5 Å². The minimum Gasteiger partial charge on any atom is -0.480 e. The predicted octanol–water partition coefficient (Wildman–Crippen LogP) is -2.32. The molecule has 0 aromatic heterocycles. The van der Waals surface area contributed by atoms with Crippen molar-refractivity contribution >= 4 is 11.9 Å². The molecule has 0 radical (unpaired) electrons. The Hall–Kier alpha value is -1.26. The van der Waals surface area contributed by atoms with Crippen LogP contribution in [-0.2, 0) is 9.59 Å². The zero-order valence-electron chi connectivity index (χ0n) is 11.8. The summed E-state index contributed by atoms with van der Waals surface area (Å²) in [7, 11) is 0. The Balaban J connectivity index is 3.68. The molecule has 0 aromatic carbocycles. The van der Waals surface area contributed by atoms with E-state index in [0.717, 1.165) is 0 Å². The van der Waals surface area contributed by atoms with Crippen LogP contribution >= 0.6 is 0 Å². The lowest BCUT2D eigenvalue weighted by atomic mass is 10.1. The molecule has 0 saturated heterocycles. The van der Waals surface area contributed by atoms with Crippen LogP contribution < -0.4 is 16.8 Å². The average Bonchev–Trinajstić information content (AvgIpc) is 2.41. The van der Waals surface area contributed by atoms with Gasteiger partial charge in [-0.2, -0.15) is 0 Å². The van der Waals surface area contributed by atoms with Gasteiger partial charge >= 0.3 is 11.9 Å². The highest BCUT2D eigenvalue weighted by Crippen LogP contribution is 2.02. The molecule has 0 rings (SSSR count). The van der Waals surface area contributed by atoms with Gasteiger partial charge in [0.1, 0.15) is 12.1 Å². The van der Waals surface area contributed by atoms with Crippen molar-refractivity contribution in [1.29, 1.82) is 0 Å². The lowest BCUT2D eigenvalue weighted by Gasteiger charge is -2.16. The molecule has 0 saturated carbocycles. The molecule has 0 aromatic rings. The molecule has 0 unspecified atom stereocenters. The van der Waals surface area contributed by atoms with Crippen molar-refractivity contribution in [1.82, 2.24) is 5.32 Å². The van der Waals surface area contributed by atoms with Crippen molar-refractivity contribution in [2.75, 3.05) is 13.1 Å². The Labute approximate surface area is 122 Å². The predicted molar refractivity (Wildman–Crippen MR) is 74.6 cm³/mol. The summed E-state index contributed by atoms with van der Waals surface area (Å²) < 4.78 is 0. The molecule has 0 fully saturated rings. The minimum absolute atomic E-state index is 0.161. The highest BCUT2D eigenvalue weighted by molar-refractivity contribution is 5.73. The largest absolute Gasteiger partial charge is 0.480 e. The van der Waals surface area contributed by atoms with Gasteiger partial charge in [-0.1, -0.05) is 0 Å². The van der Waals surface area contributed by atoms with Crippen LogP contribution in [0.1, 0.15) is 25.7 Å². The van der Waals surface area contributed by atoms with E-state index in [0.29, 0.717) is 0 Å². The second-order valence-corrected chi connectivity index (χ2v) is 5.01. The van der Waals surface area contributed by atoms with Crippen LogP contribution in [0.25, 0.3) is 0 Å². The molecule has 9 heteroatoms. The summed E-state index contributed by atoms with van der Waals surface area (Å²) in [5, 5.41) is 39.2. The standard InChI is InChI=1S/C12H25N3O6/c13-9(11(18)19)3-1-7(16)5-15-6-8(17)2-4-10(14)12(20)21/h7-10,15-17H,1-6,13-14H2,(H,18,19)(H,20,21)/t7-,8+,9-,10-/m0/s1. The van der Waals surface area contributed by atoms with Gasteiger partial charge in [-0.05, 0) is 25.7 Å². The average molecular weight is 307 g/mol. The number of aliphatic hydroxyl groups is 2. The highest BCUT2D eigenvalue weighted by atomic mass is 16.4. The number of hydrogen-bond acceptors (Lipinski definition) is 7. The summed E-state index contributed by atoms with van der Waals surface area (Å²) in [4.78, 5) is 21.0. The molecule has 9 N–H and O–H groups in total. The molecular weight excluding hydrogens is 282 g/mol. The third-order valence-corrected chi connectivity index (χ3v) is 3.02. The molecule has 9 nitrogen and oxygen atoms in total. The second kappa shape index (κ2) is 10.5. The topological polar surface area (TPSA) is 179 Å². The first-order valence-corrected chi connectivity index (χ1v) is 6.77. The third kappa shape index (κ3) is 10.2. The van der Waals surface area contributed by atoms with E-state index in [2.05, 4.69) is 5.32 Å². The van der Waals surface area contributed by atoms with Crippen LogP contribution in [0.15, 0.2) is 0 Å². The van der Waals surface area contributed by atoms with Crippen LogP contribution in [0, 0.1) is 0 Å². The molecule has 124 valence electrons. The Morgan fingerprint density at radius 1 is 0.810 bits per heavy atom. The number of carboxylic acids is 2. The van der Waals surface area contributed by atoms with E-state index in [-0.39, 0.29) is 38.8 Å². The molecular formula is C12H25N3O6. The summed E-state index contributed by atoms with van der Waals surface area (Å²) in [6.07, 6.45) is -0.726. The highest BCUT2D eigenvalue weighted by Gasteiger charge is 2.15. The molecule has 0 aliphatic carbocycles. The fraction of sp³-hybridized carbons (Fsp3) is 0.833. The first-order chi connectivity index (χ1) is 9.73. The van der Waals surface area contributed by atoms with Crippen molar-refractivity contribution in [3.63, 3.8) is 0 Å². The summed E-state index contributed by atoms with van der Waals surface area (Å²) >= 11 is 0. The van der Waals surface area contributed by atoms with Crippen LogP contribution in [0.3, 0.4) is 0 Å². The van der Waals surface area contributed by atoms with Crippen LogP contribution in [0.4, 0.5) is 0 Å². The number of nitrogens with two attached hydrogens (primary N) is 2. The summed E-state index contributed by atoms with van der Waals surface area (Å²) in [6, 6.07) is -1.99. The molecule has 0 spiro atoms. The van der Waals surface area contributed by atoms with E-state index in [4.69, 9.17) is 21.7 Å². The van der Waals surface area contributed by atoms with Gasteiger partial charge in [-0.15, -0.1) is 0 Å². The molecule has 0 amide bonds. The normalized spacial score (nSPS) is 17.0. The number of carboxylic acid groups (broad SMARTS) is 2. The Kier molecular flexibility index (Phi) is 9.84. The van der Waals surface area contributed by atoms with Gasteiger partial charge in [0.15, 0.2) is 0 Å². The van der Waals surface area contributed by atoms with Gasteiger partial charge in [-0.3, -0.25) is 9.59 Å². The molecule has 0 bridgehead atoms. The first kappa shape index (κ1) is 19.7. The first-order valence-electron chi connectivity index (χ1n) is 6.77. The molecule has 0 aliphatic rings. The fourth-order valence-corrected chi connectivity index (χ4v) is 1.61. The minimum atomic E-state index is -1.11. The number of aliphatic hydroxyl groups excluding tert-OH is 2. The third-order valence-electron chi connectivity index (χ3n) is 3.02. The van der Waals surface area contributed by atoms with E-state index < -0.39 is 36.2 Å². The number of nitrogens with one attached hydrogen (secondary N) is 1. The van der Waals surface area contributed by atoms with Crippen molar-refractivity contribution in [3.8, 4) is 0 Å². The van der Waals surface area contributed by atoms with Crippen LogP contribution in [-0.4, -0.2) is 69.7 Å². The zero-order chi connectivity index (χ0) is 16.4. The van der Waals surface area contributed by atoms with Gasteiger partial charge in [-0.25, -0.2) is 0 Å². The fourth-order valence-electron chi connectivity index (χ4n) is 1.61. The van der Waals surface area contributed by atoms with Crippen molar-refractivity contribution < 1.29 is 30.0 Å². The SMILES string of the molecule is N[C@@H](CC[C@@H](O)CNC[C@@H](O)CC[C@H](N)C(=O)O)C(=O)O. The van der Waals surface area contributed by atoms with Crippen molar-refractivity contribution in [3.05, 3.63) is 0 Å². The molecule has 4 atom stereocenters. The summed E-state index contributed by atoms with van der Waals surface area (Å²) in [5.41, 5.74) is 10.6. The Bertz CT molecular complexity index is 298. The second-order valence-electron chi connectivity index (χ2n) is 5.01. The van der Waals surface area contributed by atoms with E-state index in [1.165, 1.54) is 0 Å². The quantitative estimate of drug-likeness (QED) is 0.208. The van der Waals surface area contributed by atoms with E-state index in [1.54, 1.807) is 0 Å². The van der Waals surface area contributed by atoms with E-state index in [1.807, 2.05) is 0 Å². The van der Waals surface area contributed by atoms with Crippen LogP contribution in [0.2, 0.25) is 0 Å². The van der Waals surface area contributed by atoms with E-state index in [9.17, 15) is 19.8 Å². The van der Waals surface area contributed by atoms with Gasteiger partial charge in [0, 0.05) is 13.1 Å². The molecule has 0 aliphatic heterocycles. The maximum Gasteiger partial charge on any atom is 0.320 e.